The number of fused-ring (bicyclic) bond motifs is 2. The number of methoxy groups -OCH3 is 2. The van der Waals surface area contributed by atoms with E-state index in [1.54, 1.807) is 43.5 Å². The van der Waals surface area contributed by atoms with Crippen molar-refractivity contribution in [2.45, 2.75) is 15.9 Å². The molecule has 0 spiro atoms. The van der Waals surface area contributed by atoms with Crippen molar-refractivity contribution in [1.82, 2.24) is 19.9 Å². The van der Waals surface area contributed by atoms with Crippen LogP contribution in [-0.4, -0.2) is 67.7 Å². The average molecular weight is 515 g/mol. The second-order valence-electron chi connectivity index (χ2n) is 7.44. The number of aliphatic carboxylic acids is 1. The summed E-state index contributed by atoms with van der Waals surface area (Å²) < 4.78 is 15.6. The molecule has 11 nitrogen and oxygen atoms in total. The number of aliphatic hydroxyl groups excluding tert-OH is 1. The Kier molecular flexibility index (Phi) is 5.73. The van der Waals surface area contributed by atoms with E-state index in [-0.39, 0.29) is 15.8 Å². The third kappa shape index (κ3) is 4.02. The molecule has 13 heteroatoms. The van der Waals surface area contributed by atoms with Crippen molar-refractivity contribution >= 4 is 57.5 Å². The zero-order valence-corrected chi connectivity index (χ0v) is 20.0. The first kappa shape index (κ1) is 22.9. The summed E-state index contributed by atoms with van der Waals surface area (Å²) in [6.07, 6.45) is 0. The smallest absolute Gasteiger partial charge is 0.375 e. The van der Waals surface area contributed by atoms with Crippen molar-refractivity contribution in [3.63, 3.8) is 0 Å². The number of carboxylic acids is 1. The number of cyclic esters (lactones) is 1. The van der Waals surface area contributed by atoms with E-state index in [0.29, 0.717) is 38.7 Å². The number of rotatable bonds is 8. The first-order chi connectivity index (χ1) is 16.8. The number of nitrogens with one attached hydrogen (secondary N) is 2. The Bertz CT molecular complexity index is 1510. The van der Waals surface area contributed by atoms with Gasteiger partial charge in [0.05, 0.1) is 46.9 Å². The second kappa shape index (κ2) is 8.74. The van der Waals surface area contributed by atoms with Gasteiger partial charge < -0.3 is 34.4 Å². The van der Waals surface area contributed by atoms with Gasteiger partial charge in [-0.2, -0.15) is 0 Å². The molecule has 180 valence electrons. The summed E-state index contributed by atoms with van der Waals surface area (Å²) in [7, 11) is 3.09. The maximum Gasteiger partial charge on any atom is 0.375 e. The van der Waals surface area contributed by atoms with Crippen molar-refractivity contribution < 1.29 is 34.0 Å². The Morgan fingerprint density at radius 2 is 1.60 bits per heavy atom. The van der Waals surface area contributed by atoms with Crippen LogP contribution >= 0.6 is 23.5 Å². The third-order valence-corrected chi connectivity index (χ3v) is 7.46. The average Bonchev–Trinajstić information content (AvgIpc) is 3.52. The predicted molar refractivity (Wildman–Crippen MR) is 128 cm³/mol. The molecule has 1 aliphatic rings. The topological polar surface area (TPSA) is 160 Å². The standard InChI is InChI=1S/C22H18N4O7S2/c1-31-10-3-5-12-14(7-10)25-20(23-12)34-9-22(19(29)30)17(16(27)18(28)33-22)35-21-24-13-6-4-11(32-2)8-15(13)26-21/h3-8,27H,9H2,1-2H3,(H,23,25)(H,24,26)(H,29,30). The van der Waals surface area contributed by atoms with Gasteiger partial charge in [0.15, 0.2) is 10.3 Å². The van der Waals surface area contributed by atoms with Crippen LogP contribution in [0, 0.1) is 0 Å². The lowest BCUT2D eigenvalue weighted by atomic mass is 10.1. The highest BCUT2D eigenvalue weighted by Crippen LogP contribution is 2.45. The van der Waals surface area contributed by atoms with Crippen LogP contribution in [0.1, 0.15) is 0 Å². The molecular weight excluding hydrogens is 496 g/mol. The van der Waals surface area contributed by atoms with Gasteiger partial charge in [-0.05, 0) is 36.0 Å². The fourth-order valence-electron chi connectivity index (χ4n) is 3.53. The number of H-pyrrole nitrogens is 2. The SMILES string of the molecule is COc1ccc2nc(SCC3(C(=O)O)OC(=O)C(O)=C3Sc3nc4ccc(OC)cc4[nH]3)[nH]c2c1. The fourth-order valence-corrected chi connectivity index (χ4v) is 5.68. The maximum atomic E-state index is 12.4. The van der Waals surface area contributed by atoms with Gasteiger partial charge in [0.1, 0.15) is 11.5 Å². The van der Waals surface area contributed by atoms with Crippen molar-refractivity contribution in [3.05, 3.63) is 47.1 Å². The van der Waals surface area contributed by atoms with Crippen LogP contribution < -0.4 is 9.47 Å². The third-order valence-electron chi connectivity index (χ3n) is 5.33. The molecule has 5 rings (SSSR count). The Morgan fingerprint density at radius 3 is 2.17 bits per heavy atom. The molecule has 0 fully saturated rings. The van der Waals surface area contributed by atoms with Crippen molar-refractivity contribution in [1.29, 1.82) is 0 Å². The highest BCUT2D eigenvalue weighted by Gasteiger charge is 2.55. The zero-order chi connectivity index (χ0) is 24.7. The van der Waals surface area contributed by atoms with Crippen LogP contribution in [-0.2, 0) is 14.3 Å². The van der Waals surface area contributed by atoms with Gasteiger partial charge in [-0.15, -0.1) is 0 Å². The normalized spacial score (nSPS) is 17.8. The number of aromatic nitrogens is 4. The van der Waals surface area contributed by atoms with Crippen LogP contribution in [0.2, 0.25) is 0 Å². The Balaban J connectivity index is 1.45. The number of carboxylic acid groups (broad SMARTS) is 1. The molecule has 0 amide bonds. The molecule has 2 aromatic heterocycles. The van der Waals surface area contributed by atoms with Crippen LogP contribution in [0.15, 0.2) is 57.4 Å². The van der Waals surface area contributed by atoms with Gasteiger partial charge >= 0.3 is 11.9 Å². The molecular formula is C22H18N4O7S2. The van der Waals surface area contributed by atoms with E-state index in [2.05, 4.69) is 19.9 Å². The van der Waals surface area contributed by atoms with Gasteiger partial charge in [-0.3, -0.25) is 0 Å². The molecule has 4 N–H and O–H groups in total. The summed E-state index contributed by atoms with van der Waals surface area (Å²) in [6.45, 7) is 0. The van der Waals surface area contributed by atoms with Crippen LogP contribution in [0.25, 0.3) is 22.1 Å². The molecule has 0 saturated heterocycles. The summed E-state index contributed by atoms with van der Waals surface area (Å²) in [6, 6.07) is 10.5. The number of carbonyl (C=O) groups excluding carboxylic acids is 1. The molecule has 0 aliphatic carbocycles. The minimum atomic E-state index is -2.14. The summed E-state index contributed by atoms with van der Waals surface area (Å²) in [5.41, 5.74) is 0.470. The van der Waals surface area contributed by atoms with Crippen molar-refractivity contribution in [2.24, 2.45) is 0 Å². The monoisotopic (exact) mass is 514 g/mol. The number of hydrogen-bond donors (Lipinski definition) is 4. The fraction of sp³-hybridized carbons (Fsp3) is 0.182. The molecule has 35 heavy (non-hydrogen) atoms. The molecule has 0 saturated carbocycles. The number of nitrogens with zero attached hydrogens (tertiary/aromatic N) is 2. The van der Waals surface area contributed by atoms with Gasteiger partial charge in [0.2, 0.25) is 5.76 Å². The van der Waals surface area contributed by atoms with Crippen LogP contribution in [0.4, 0.5) is 0 Å². The summed E-state index contributed by atoms with van der Waals surface area (Å²) in [5.74, 6) is -2.32. The van der Waals surface area contributed by atoms with Crippen molar-refractivity contribution in [3.8, 4) is 11.5 Å². The van der Waals surface area contributed by atoms with Gasteiger partial charge in [-0.1, -0.05) is 11.8 Å². The minimum Gasteiger partial charge on any atom is -0.501 e. The molecule has 1 atom stereocenters. The number of aromatic amines is 2. The number of carbonyl (C=O) groups is 2. The number of thioether (sulfide) groups is 2. The van der Waals surface area contributed by atoms with E-state index in [4.69, 9.17) is 14.2 Å². The second-order valence-corrected chi connectivity index (χ2v) is 9.40. The van der Waals surface area contributed by atoms with E-state index in [9.17, 15) is 19.8 Å². The highest BCUT2D eigenvalue weighted by atomic mass is 32.2. The maximum absolute atomic E-state index is 12.4. The van der Waals surface area contributed by atoms with E-state index in [1.807, 2.05) is 0 Å². The molecule has 0 radical (unpaired) electrons. The summed E-state index contributed by atoms with van der Waals surface area (Å²) in [4.78, 5) is 39.5. The molecule has 1 aliphatic heterocycles. The molecule has 2 aromatic carbocycles. The highest BCUT2D eigenvalue weighted by molar-refractivity contribution is 8.03. The Hall–Kier alpha value is -3.84. The first-order valence-electron chi connectivity index (χ1n) is 10.1. The van der Waals surface area contributed by atoms with Crippen LogP contribution in [0.5, 0.6) is 11.5 Å². The lowest BCUT2D eigenvalue weighted by Crippen LogP contribution is -2.43. The number of ether oxygens (including phenoxy) is 3. The number of aliphatic hydroxyl groups is 1. The van der Waals surface area contributed by atoms with Crippen molar-refractivity contribution in [2.75, 3.05) is 20.0 Å². The molecule has 0 bridgehead atoms. The Morgan fingerprint density at radius 1 is 1.03 bits per heavy atom. The van der Waals surface area contributed by atoms with E-state index < -0.39 is 23.3 Å². The minimum absolute atomic E-state index is 0.175. The van der Waals surface area contributed by atoms with Gasteiger partial charge in [-0.25, -0.2) is 19.6 Å². The number of esters is 1. The number of imidazole rings is 2. The lowest BCUT2D eigenvalue weighted by molar-refractivity contribution is -0.165. The zero-order valence-electron chi connectivity index (χ0n) is 18.3. The molecule has 3 heterocycles. The van der Waals surface area contributed by atoms with Gasteiger partial charge in [0, 0.05) is 12.1 Å². The molecule has 1 unspecified atom stereocenters. The quantitative estimate of drug-likeness (QED) is 0.201. The van der Waals surface area contributed by atoms with Crippen LogP contribution in [0.3, 0.4) is 0 Å². The largest absolute Gasteiger partial charge is 0.501 e. The number of hydrogen-bond acceptors (Lipinski definition) is 10. The van der Waals surface area contributed by atoms with E-state index >= 15 is 0 Å². The van der Waals surface area contributed by atoms with Gasteiger partial charge in [0.25, 0.3) is 5.60 Å². The lowest BCUT2D eigenvalue weighted by Gasteiger charge is -2.24. The molecule has 4 aromatic rings. The summed E-state index contributed by atoms with van der Waals surface area (Å²) in [5, 5.41) is 21.2. The summed E-state index contributed by atoms with van der Waals surface area (Å²) >= 11 is 1.86. The van der Waals surface area contributed by atoms with E-state index in [1.165, 1.54) is 7.11 Å². The van der Waals surface area contributed by atoms with E-state index in [0.717, 1.165) is 23.5 Å². The Labute approximate surface area is 205 Å². The number of benzene rings is 2. The first-order valence-corrected chi connectivity index (χ1v) is 11.9. The predicted octanol–water partition coefficient (Wildman–Crippen LogP) is 3.49.